The van der Waals surface area contributed by atoms with Gasteiger partial charge in [0.1, 0.15) is 5.82 Å². The van der Waals surface area contributed by atoms with Crippen molar-refractivity contribution in [3.05, 3.63) is 77.1 Å². The SMILES string of the molecule is CCN(CC)CCn1c(Cc2cccc3ccccc23)nc2cc(Cl)ccc21. The minimum Gasteiger partial charge on any atom is -0.326 e. The van der Waals surface area contributed by atoms with Gasteiger partial charge in [0, 0.05) is 24.5 Å². The fourth-order valence-corrected chi connectivity index (χ4v) is 4.10. The van der Waals surface area contributed by atoms with E-state index in [1.165, 1.54) is 16.3 Å². The van der Waals surface area contributed by atoms with Crippen LogP contribution in [0.15, 0.2) is 60.7 Å². The topological polar surface area (TPSA) is 21.1 Å². The van der Waals surface area contributed by atoms with Gasteiger partial charge in [-0.2, -0.15) is 0 Å². The summed E-state index contributed by atoms with van der Waals surface area (Å²) >= 11 is 6.23. The van der Waals surface area contributed by atoms with Crippen LogP contribution in [0, 0.1) is 0 Å². The van der Waals surface area contributed by atoms with Crippen LogP contribution in [0.4, 0.5) is 0 Å². The molecule has 28 heavy (non-hydrogen) atoms. The normalized spacial score (nSPS) is 11.7. The summed E-state index contributed by atoms with van der Waals surface area (Å²) in [6.45, 7) is 8.50. The van der Waals surface area contributed by atoms with E-state index in [0.29, 0.717) is 0 Å². The Kier molecular flexibility index (Phi) is 5.65. The first-order valence-electron chi connectivity index (χ1n) is 10.0. The Labute approximate surface area is 171 Å². The first-order valence-corrected chi connectivity index (χ1v) is 10.4. The van der Waals surface area contributed by atoms with E-state index < -0.39 is 0 Å². The van der Waals surface area contributed by atoms with Crippen LogP contribution in [0.25, 0.3) is 21.8 Å². The lowest BCUT2D eigenvalue weighted by molar-refractivity contribution is 0.291. The molecule has 1 heterocycles. The Morgan fingerprint density at radius 2 is 1.75 bits per heavy atom. The second-order valence-electron chi connectivity index (χ2n) is 7.15. The van der Waals surface area contributed by atoms with Crippen molar-refractivity contribution in [2.75, 3.05) is 19.6 Å². The monoisotopic (exact) mass is 391 g/mol. The molecule has 3 nitrogen and oxygen atoms in total. The second-order valence-corrected chi connectivity index (χ2v) is 7.59. The van der Waals surface area contributed by atoms with Crippen LogP contribution in [0.5, 0.6) is 0 Å². The molecule has 0 saturated heterocycles. The predicted molar refractivity (Wildman–Crippen MR) is 119 cm³/mol. The molecular formula is C24H26ClN3. The second kappa shape index (κ2) is 8.34. The molecule has 4 rings (SSSR count). The van der Waals surface area contributed by atoms with Gasteiger partial charge in [-0.25, -0.2) is 4.98 Å². The van der Waals surface area contributed by atoms with Gasteiger partial charge < -0.3 is 9.47 Å². The van der Waals surface area contributed by atoms with Crippen molar-refractivity contribution >= 4 is 33.4 Å². The third-order valence-corrected chi connectivity index (χ3v) is 5.79. The number of aromatic nitrogens is 2. The average Bonchev–Trinajstić information content (AvgIpc) is 3.05. The fraction of sp³-hybridized carbons (Fsp3) is 0.292. The van der Waals surface area contributed by atoms with Crippen molar-refractivity contribution in [1.82, 2.24) is 14.5 Å². The maximum Gasteiger partial charge on any atom is 0.114 e. The van der Waals surface area contributed by atoms with Crippen molar-refractivity contribution < 1.29 is 0 Å². The summed E-state index contributed by atoms with van der Waals surface area (Å²) in [5.41, 5.74) is 3.44. The summed E-state index contributed by atoms with van der Waals surface area (Å²) in [6.07, 6.45) is 0.811. The van der Waals surface area contributed by atoms with Crippen molar-refractivity contribution in [2.24, 2.45) is 0 Å². The molecule has 1 aromatic heterocycles. The molecule has 0 radical (unpaired) electrons. The summed E-state index contributed by atoms with van der Waals surface area (Å²) in [5, 5.41) is 3.30. The van der Waals surface area contributed by atoms with Crippen molar-refractivity contribution in [3.63, 3.8) is 0 Å². The molecule has 3 aromatic carbocycles. The van der Waals surface area contributed by atoms with E-state index >= 15 is 0 Å². The maximum atomic E-state index is 6.23. The molecule has 0 N–H and O–H groups in total. The Bertz CT molecular complexity index is 1090. The molecule has 4 heteroatoms. The highest BCUT2D eigenvalue weighted by molar-refractivity contribution is 6.31. The van der Waals surface area contributed by atoms with Crippen LogP contribution in [-0.2, 0) is 13.0 Å². The summed E-state index contributed by atoms with van der Waals surface area (Å²) in [7, 11) is 0. The third-order valence-electron chi connectivity index (χ3n) is 5.55. The van der Waals surface area contributed by atoms with Crippen molar-refractivity contribution in [2.45, 2.75) is 26.8 Å². The summed E-state index contributed by atoms with van der Waals surface area (Å²) < 4.78 is 2.37. The standard InChI is InChI=1S/C24H26ClN3/c1-3-27(4-2)14-15-28-23-13-12-20(25)17-22(23)26-24(28)16-19-10-7-9-18-8-5-6-11-21(18)19/h5-13,17H,3-4,14-16H2,1-2H3. The minimum absolute atomic E-state index is 0.734. The molecule has 0 spiro atoms. The number of imidazole rings is 1. The molecule has 0 aliphatic heterocycles. The fourth-order valence-electron chi connectivity index (χ4n) is 3.94. The molecule has 0 unspecified atom stereocenters. The number of likely N-dealkylation sites (N-methyl/N-ethyl adjacent to an activating group) is 1. The van der Waals surface area contributed by atoms with Crippen LogP contribution in [0.3, 0.4) is 0 Å². The summed E-state index contributed by atoms with van der Waals surface area (Å²) in [4.78, 5) is 7.41. The van der Waals surface area contributed by atoms with Gasteiger partial charge in [0.2, 0.25) is 0 Å². The van der Waals surface area contributed by atoms with E-state index in [4.69, 9.17) is 16.6 Å². The van der Waals surface area contributed by atoms with Gasteiger partial charge in [-0.05, 0) is 47.6 Å². The molecule has 4 aromatic rings. The first-order chi connectivity index (χ1) is 13.7. The zero-order valence-corrected chi connectivity index (χ0v) is 17.3. The Hall–Kier alpha value is -2.36. The van der Waals surface area contributed by atoms with Crippen LogP contribution in [0.1, 0.15) is 25.2 Å². The Balaban J connectivity index is 1.75. The first kappa shape index (κ1) is 19.0. The molecular weight excluding hydrogens is 366 g/mol. The minimum atomic E-state index is 0.734. The van der Waals surface area contributed by atoms with Gasteiger partial charge in [0.15, 0.2) is 0 Å². The highest BCUT2D eigenvalue weighted by Gasteiger charge is 2.14. The van der Waals surface area contributed by atoms with E-state index in [2.05, 4.69) is 71.8 Å². The van der Waals surface area contributed by atoms with Crippen LogP contribution >= 0.6 is 11.6 Å². The van der Waals surface area contributed by atoms with Crippen LogP contribution in [-0.4, -0.2) is 34.1 Å². The number of hydrogen-bond acceptors (Lipinski definition) is 2. The van der Waals surface area contributed by atoms with Gasteiger partial charge in [-0.1, -0.05) is 67.9 Å². The van der Waals surface area contributed by atoms with Crippen LogP contribution in [0.2, 0.25) is 5.02 Å². The molecule has 0 aliphatic carbocycles. The van der Waals surface area contributed by atoms with Gasteiger partial charge in [0.25, 0.3) is 0 Å². The largest absolute Gasteiger partial charge is 0.326 e. The van der Waals surface area contributed by atoms with Crippen LogP contribution < -0.4 is 0 Å². The smallest absolute Gasteiger partial charge is 0.114 e. The zero-order valence-electron chi connectivity index (χ0n) is 16.5. The van der Waals surface area contributed by atoms with Gasteiger partial charge in [-0.15, -0.1) is 0 Å². The lowest BCUT2D eigenvalue weighted by Crippen LogP contribution is -2.27. The van der Waals surface area contributed by atoms with Crippen molar-refractivity contribution in [3.8, 4) is 0 Å². The number of rotatable bonds is 7. The maximum absolute atomic E-state index is 6.23. The number of halogens is 1. The highest BCUT2D eigenvalue weighted by Crippen LogP contribution is 2.25. The highest BCUT2D eigenvalue weighted by atomic mass is 35.5. The zero-order chi connectivity index (χ0) is 19.5. The lowest BCUT2D eigenvalue weighted by atomic mass is 10.0. The number of hydrogen-bond donors (Lipinski definition) is 0. The van der Waals surface area contributed by atoms with Crippen molar-refractivity contribution in [1.29, 1.82) is 0 Å². The lowest BCUT2D eigenvalue weighted by Gasteiger charge is -2.19. The number of benzene rings is 3. The summed E-state index contributed by atoms with van der Waals surface area (Å²) in [6, 6.07) is 21.1. The van der Waals surface area contributed by atoms with Gasteiger partial charge in [-0.3, -0.25) is 0 Å². The predicted octanol–water partition coefficient (Wildman–Crippen LogP) is 5.78. The quantitative estimate of drug-likeness (QED) is 0.398. The van der Waals surface area contributed by atoms with E-state index in [-0.39, 0.29) is 0 Å². The molecule has 0 atom stereocenters. The molecule has 0 bridgehead atoms. The summed E-state index contributed by atoms with van der Waals surface area (Å²) in [5.74, 6) is 1.10. The Morgan fingerprint density at radius 1 is 0.964 bits per heavy atom. The third kappa shape index (κ3) is 3.78. The molecule has 0 fully saturated rings. The van der Waals surface area contributed by atoms with E-state index in [1.807, 2.05) is 12.1 Å². The van der Waals surface area contributed by atoms with E-state index in [1.54, 1.807) is 0 Å². The molecule has 0 aliphatic rings. The van der Waals surface area contributed by atoms with E-state index in [0.717, 1.165) is 54.5 Å². The average molecular weight is 392 g/mol. The number of nitrogens with zero attached hydrogens (tertiary/aromatic N) is 3. The van der Waals surface area contributed by atoms with E-state index in [9.17, 15) is 0 Å². The number of fused-ring (bicyclic) bond motifs is 2. The molecule has 0 amide bonds. The molecule has 0 saturated carbocycles. The Morgan fingerprint density at radius 3 is 2.57 bits per heavy atom. The van der Waals surface area contributed by atoms with Gasteiger partial charge >= 0.3 is 0 Å². The van der Waals surface area contributed by atoms with Gasteiger partial charge in [0.05, 0.1) is 11.0 Å². The molecule has 144 valence electrons.